The zero-order valence-electron chi connectivity index (χ0n) is 8.66. The van der Waals surface area contributed by atoms with Gasteiger partial charge >= 0.3 is 6.18 Å². The quantitative estimate of drug-likeness (QED) is 0.834. The van der Waals surface area contributed by atoms with Crippen molar-refractivity contribution in [3.05, 3.63) is 16.6 Å². The van der Waals surface area contributed by atoms with Gasteiger partial charge in [0.05, 0.1) is 23.3 Å². The Morgan fingerprint density at radius 3 is 2.29 bits per heavy atom. The topological polar surface area (TPSA) is 60.5 Å². The largest absolute Gasteiger partial charge is 0.389 e. The van der Waals surface area contributed by atoms with Gasteiger partial charge in [-0.1, -0.05) is 0 Å². The molecule has 7 heteroatoms. The Morgan fingerprint density at radius 1 is 1.24 bits per heavy atom. The highest BCUT2D eigenvalue weighted by Gasteiger charge is 2.37. The number of alkyl halides is 3. The van der Waals surface area contributed by atoms with Crippen molar-refractivity contribution >= 4 is 11.3 Å². The number of nitrogens with zero attached hydrogens (tertiary/aromatic N) is 3. The highest BCUT2D eigenvalue weighted by molar-refractivity contribution is 7.07. The summed E-state index contributed by atoms with van der Waals surface area (Å²) in [7, 11) is 0. The highest BCUT2D eigenvalue weighted by Crippen LogP contribution is 2.32. The van der Waals surface area contributed by atoms with Crippen molar-refractivity contribution in [1.29, 1.82) is 10.5 Å². The van der Waals surface area contributed by atoms with Crippen LogP contribution in [-0.2, 0) is 6.42 Å². The van der Waals surface area contributed by atoms with Crippen LogP contribution in [0.2, 0.25) is 0 Å². The standard InChI is InChI=1S/C10H8F3N3S/c11-10(12,13)2-1-9(5-14,6-15)3-8-4-17-7-16-8/h4,7H,1-3H2. The number of halogens is 3. The molecule has 0 aliphatic rings. The molecule has 0 aliphatic heterocycles. The lowest BCUT2D eigenvalue weighted by Crippen LogP contribution is -2.23. The van der Waals surface area contributed by atoms with E-state index in [0.717, 1.165) is 0 Å². The molecule has 0 saturated heterocycles. The summed E-state index contributed by atoms with van der Waals surface area (Å²) in [5.41, 5.74) is 0.336. The molecule has 0 aliphatic carbocycles. The molecule has 0 N–H and O–H groups in total. The average Bonchev–Trinajstić information content (AvgIpc) is 2.76. The molecule has 0 fully saturated rings. The van der Waals surface area contributed by atoms with Gasteiger partial charge in [-0.05, 0) is 6.42 Å². The molecule has 1 rings (SSSR count). The van der Waals surface area contributed by atoms with Crippen molar-refractivity contribution in [3.63, 3.8) is 0 Å². The fourth-order valence-electron chi connectivity index (χ4n) is 1.29. The Bertz CT molecular complexity index is 425. The predicted octanol–water partition coefficient (Wildman–Crippen LogP) is 3.06. The minimum Gasteiger partial charge on any atom is -0.250 e. The molecule has 0 unspecified atom stereocenters. The maximum Gasteiger partial charge on any atom is 0.389 e. The SMILES string of the molecule is N#CC(C#N)(CCC(F)(F)F)Cc1cscn1. The van der Waals surface area contributed by atoms with Gasteiger partial charge in [-0.3, -0.25) is 0 Å². The number of hydrogen-bond acceptors (Lipinski definition) is 4. The van der Waals surface area contributed by atoms with Crippen LogP contribution >= 0.6 is 11.3 Å². The summed E-state index contributed by atoms with van der Waals surface area (Å²) >= 11 is 1.27. The van der Waals surface area contributed by atoms with Crippen molar-refractivity contribution < 1.29 is 13.2 Å². The van der Waals surface area contributed by atoms with Crippen LogP contribution < -0.4 is 0 Å². The van der Waals surface area contributed by atoms with Gasteiger partial charge in [0.15, 0.2) is 0 Å². The van der Waals surface area contributed by atoms with E-state index < -0.39 is 24.4 Å². The molecular weight excluding hydrogens is 251 g/mol. The molecule has 0 amide bonds. The Balaban J connectivity index is 2.77. The molecule has 17 heavy (non-hydrogen) atoms. The predicted molar refractivity (Wildman–Crippen MR) is 54.8 cm³/mol. The van der Waals surface area contributed by atoms with Gasteiger partial charge < -0.3 is 0 Å². The summed E-state index contributed by atoms with van der Waals surface area (Å²) in [5, 5.41) is 19.4. The first kappa shape index (κ1) is 13.5. The number of rotatable bonds is 4. The average molecular weight is 259 g/mol. The van der Waals surface area contributed by atoms with Crippen molar-refractivity contribution in [3.8, 4) is 12.1 Å². The third-order valence-electron chi connectivity index (χ3n) is 2.23. The van der Waals surface area contributed by atoms with E-state index in [1.165, 1.54) is 16.8 Å². The molecular formula is C10H8F3N3S. The fourth-order valence-corrected chi connectivity index (χ4v) is 1.85. The summed E-state index contributed by atoms with van der Waals surface area (Å²) in [4.78, 5) is 3.88. The van der Waals surface area contributed by atoms with E-state index in [1.54, 1.807) is 17.5 Å². The van der Waals surface area contributed by atoms with Crippen LogP contribution in [0.5, 0.6) is 0 Å². The van der Waals surface area contributed by atoms with Gasteiger partial charge in [0, 0.05) is 18.2 Å². The summed E-state index contributed by atoms with van der Waals surface area (Å²) in [6.07, 6.45) is -6.10. The van der Waals surface area contributed by atoms with Crippen LogP contribution in [0.15, 0.2) is 10.9 Å². The smallest absolute Gasteiger partial charge is 0.250 e. The normalized spacial score (nSPS) is 11.8. The van der Waals surface area contributed by atoms with Gasteiger partial charge in [-0.15, -0.1) is 11.3 Å². The van der Waals surface area contributed by atoms with E-state index in [0.29, 0.717) is 5.69 Å². The van der Waals surface area contributed by atoms with Crippen molar-refractivity contribution in [2.45, 2.75) is 25.4 Å². The van der Waals surface area contributed by atoms with Crippen LogP contribution in [0.1, 0.15) is 18.5 Å². The molecule has 1 aromatic heterocycles. The van der Waals surface area contributed by atoms with Gasteiger partial charge in [0.1, 0.15) is 5.41 Å². The van der Waals surface area contributed by atoms with Gasteiger partial charge in [0.2, 0.25) is 0 Å². The summed E-state index contributed by atoms with van der Waals surface area (Å²) in [5.74, 6) is 0. The molecule has 0 bridgehead atoms. The number of aromatic nitrogens is 1. The first-order valence-corrected chi connectivity index (χ1v) is 5.61. The van der Waals surface area contributed by atoms with Crippen molar-refractivity contribution in [1.82, 2.24) is 4.98 Å². The number of thiazole rings is 1. The second-order valence-electron chi connectivity index (χ2n) is 3.58. The molecule has 3 nitrogen and oxygen atoms in total. The van der Waals surface area contributed by atoms with Crippen LogP contribution in [0, 0.1) is 28.1 Å². The minimum absolute atomic E-state index is 0.0699. The van der Waals surface area contributed by atoms with Crippen LogP contribution in [-0.4, -0.2) is 11.2 Å². The van der Waals surface area contributed by atoms with Gasteiger partial charge in [0.25, 0.3) is 0 Å². The maximum absolute atomic E-state index is 12.1. The van der Waals surface area contributed by atoms with Crippen LogP contribution in [0.4, 0.5) is 13.2 Å². The summed E-state index contributed by atoms with van der Waals surface area (Å²) in [6.45, 7) is 0. The number of hydrogen-bond donors (Lipinski definition) is 0. The first-order valence-electron chi connectivity index (χ1n) is 4.67. The minimum atomic E-state index is -4.36. The van der Waals surface area contributed by atoms with Gasteiger partial charge in [-0.2, -0.15) is 23.7 Å². The fraction of sp³-hybridized carbons (Fsp3) is 0.500. The molecule has 1 aromatic rings. The van der Waals surface area contributed by atoms with Crippen molar-refractivity contribution in [2.75, 3.05) is 0 Å². The third kappa shape index (κ3) is 4.04. The Labute approximate surface area is 100 Å². The van der Waals surface area contributed by atoms with E-state index >= 15 is 0 Å². The van der Waals surface area contributed by atoms with E-state index in [-0.39, 0.29) is 6.42 Å². The van der Waals surface area contributed by atoms with E-state index in [4.69, 9.17) is 10.5 Å². The number of nitriles is 2. The molecule has 0 spiro atoms. The lowest BCUT2D eigenvalue weighted by molar-refractivity contribution is -0.138. The molecule has 0 atom stereocenters. The van der Waals surface area contributed by atoms with Crippen LogP contribution in [0.25, 0.3) is 0 Å². The van der Waals surface area contributed by atoms with Crippen LogP contribution in [0.3, 0.4) is 0 Å². The lowest BCUT2D eigenvalue weighted by Gasteiger charge is -2.18. The molecule has 0 aromatic carbocycles. The second-order valence-corrected chi connectivity index (χ2v) is 4.30. The molecule has 0 saturated carbocycles. The summed E-state index contributed by atoms with van der Waals surface area (Å²) in [6, 6.07) is 3.36. The Hall–Kier alpha value is -1.60. The highest BCUT2D eigenvalue weighted by atomic mass is 32.1. The zero-order chi connectivity index (χ0) is 12.9. The Morgan fingerprint density at radius 2 is 1.88 bits per heavy atom. The zero-order valence-corrected chi connectivity index (χ0v) is 9.48. The second kappa shape index (κ2) is 5.15. The molecule has 90 valence electrons. The van der Waals surface area contributed by atoms with E-state index in [2.05, 4.69) is 4.98 Å². The van der Waals surface area contributed by atoms with E-state index in [9.17, 15) is 13.2 Å². The maximum atomic E-state index is 12.1. The first-order chi connectivity index (χ1) is 7.91. The monoisotopic (exact) mass is 259 g/mol. The van der Waals surface area contributed by atoms with Crippen molar-refractivity contribution in [2.24, 2.45) is 5.41 Å². The molecule has 1 heterocycles. The third-order valence-corrected chi connectivity index (χ3v) is 2.86. The molecule has 0 radical (unpaired) electrons. The summed E-state index contributed by atoms with van der Waals surface area (Å²) < 4.78 is 36.3. The Kier molecular flexibility index (Phi) is 4.08. The lowest BCUT2D eigenvalue weighted by atomic mass is 9.82. The van der Waals surface area contributed by atoms with Gasteiger partial charge in [-0.25, -0.2) is 4.98 Å². The van der Waals surface area contributed by atoms with E-state index in [1.807, 2.05) is 0 Å².